The standard InChI is InChI=1S/C17H20N10O/c1-4-19-17(28)21-10(2)20-15-13(12(18)11-8-6-5-7-9-11)22-16(27(15)3)14-23-25-26-24-14/h5-9H,2,4,18H2,1,3H3,(H2,19,21,28)(H,23,24,25,26)/b13-12+,20-15+. The van der Waals surface area contributed by atoms with Gasteiger partial charge in [0.05, 0.1) is 5.70 Å². The van der Waals surface area contributed by atoms with Crippen LogP contribution in [-0.4, -0.2) is 56.8 Å². The molecule has 0 bridgehead atoms. The number of amides is 2. The number of carbonyl (C=O) groups excluding carboxylic acids is 1. The van der Waals surface area contributed by atoms with Crippen LogP contribution in [0.4, 0.5) is 4.79 Å². The smallest absolute Gasteiger partial charge is 0.320 e. The molecule has 28 heavy (non-hydrogen) atoms. The van der Waals surface area contributed by atoms with E-state index in [0.717, 1.165) is 5.56 Å². The summed E-state index contributed by atoms with van der Waals surface area (Å²) in [7, 11) is 1.74. The van der Waals surface area contributed by atoms with Crippen molar-refractivity contribution < 1.29 is 4.79 Å². The van der Waals surface area contributed by atoms with Gasteiger partial charge in [-0.15, -0.1) is 5.10 Å². The van der Waals surface area contributed by atoms with E-state index < -0.39 is 6.03 Å². The number of aromatic nitrogens is 4. The van der Waals surface area contributed by atoms with Crippen LogP contribution in [0, 0.1) is 0 Å². The molecule has 11 heteroatoms. The zero-order valence-electron chi connectivity index (χ0n) is 15.5. The molecule has 1 aromatic carbocycles. The highest BCUT2D eigenvalue weighted by molar-refractivity contribution is 6.21. The Bertz CT molecular complexity index is 959. The number of hydrogen-bond donors (Lipinski definition) is 4. The predicted octanol–water partition coefficient (Wildman–Crippen LogP) is 0.408. The average Bonchev–Trinajstić information content (AvgIpc) is 3.31. The van der Waals surface area contributed by atoms with Crippen LogP contribution in [-0.2, 0) is 0 Å². The van der Waals surface area contributed by atoms with E-state index in [1.54, 1.807) is 11.9 Å². The van der Waals surface area contributed by atoms with Crippen LogP contribution >= 0.6 is 0 Å². The number of rotatable bonds is 5. The zero-order chi connectivity index (χ0) is 20.1. The molecule has 1 aliphatic rings. The van der Waals surface area contributed by atoms with Gasteiger partial charge in [0.2, 0.25) is 5.82 Å². The SMILES string of the molecule is C=C(/N=C1\C(=C(/N)c2ccccc2)N=C(c2nnn[nH]2)N1C)NC(=O)NCC. The van der Waals surface area contributed by atoms with Crippen LogP contribution in [0.25, 0.3) is 5.70 Å². The van der Waals surface area contributed by atoms with Gasteiger partial charge in [-0.05, 0) is 22.9 Å². The number of nitrogens with zero attached hydrogens (tertiary/aromatic N) is 6. The lowest BCUT2D eigenvalue weighted by molar-refractivity contribution is 0.244. The average molecular weight is 380 g/mol. The second-order valence-electron chi connectivity index (χ2n) is 5.74. The van der Waals surface area contributed by atoms with Gasteiger partial charge in [0.1, 0.15) is 11.5 Å². The Morgan fingerprint density at radius 2 is 2.11 bits per heavy atom. The van der Waals surface area contributed by atoms with Gasteiger partial charge in [0, 0.05) is 13.6 Å². The first kappa shape index (κ1) is 18.8. The van der Waals surface area contributed by atoms with Gasteiger partial charge >= 0.3 is 6.03 Å². The maximum atomic E-state index is 11.7. The van der Waals surface area contributed by atoms with Crippen molar-refractivity contribution in [3.8, 4) is 0 Å². The number of aromatic amines is 1. The highest BCUT2D eigenvalue weighted by atomic mass is 16.2. The third-order valence-electron chi connectivity index (χ3n) is 3.80. The fourth-order valence-electron chi connectivity index (χ4n) is 2.51. The number of hydrogen-bond acceptors (Lipinski definition) is 7. The molecular formula is C17H20N10O. The normalized spacial score (nSPS) is 16.7. The van der Waals surface area contributed by atoms with Gasteiger partial charge < -0.3 is 16.0 Å². The van der Waals surface area contributed by atoms with E-state index in [4.69, 9.17) is 5.73 Å². The molecule has 0 spiro atoms. The number of amidine groups is 2. The molecule has 2 heterocycles. The van der Waals surface area contributed by atoms with Crippen molar-refractivity contribution in [3.05, 3.63) is 59.8 Å². The number of nitrogens with one attached hydrogen (secondary N) is 3. The molecule has 3 rings (SSSR count). The van der Waals surface area contributed by atoms with Crippen LogP contribution in [0.1, 0.15) is 18.3 Å². The van der Waals surface area contributed by atoms with Crippen molar-refractivity contribution in [2.24, 2.45) is 15.7 Å². The summed E-state index contributed by atoms with van der Waals surface area (Å²) in [6.45, 7) is 6.07. The molecule has 1 aliphatic heterocycles. The van der Waals surface area contributed by atoms with Crippen LogP contribution in [0.3, 0.4) is 0 Å². The van der Waals surface area contributed by atoms with Crippen LogP contribution in [0.15, 0.2) is 58.4 Å². The molecule has 144 valence electrons. The summed E-state index contributed by atoms with van der Waals surface area (Å²) >= 11 is 0. The Morgan fingerprint density at radius 1 is 1.36 bits per heavy atom. The van der Waals surface area contributed by atoms with E-state index in [0.29, 0.717) is 35.4 Å². The quantitative estimate of drug-likeness (QED) is 0.590. The number of carbonyl (C=O) groups is 1. The maximum Gasteiger partial charge on any atom is 0.320 e. The van der Waals surface area contributed by atoms with Gasteiger partial charge in [0.25, 0.3) is 0 Å². The van der Waals surface area contributed by atoms with E-state index in [-0.39, 0.29) is 5.82 Å². The lowest BCUT2D eigenvalue weighted by Crippen LogP contribution is -2.35. The predicted molar refractivity (Wildman–Crippen MR) is 105 cm³/mol. The minimum atomic E-state index is -0.403. The highest BCUT2D eigenvalue weighted by Crippen LogP contribution is 2.24. The number of aliphatic imine (C=N–C) groups is 2. The lowest BCUT2D eigenvalue weighted by atomic mass is 10.1. The summed E-state index contributed by atoms with van der Waals surface area (Å²) in [4.78, 5) is 22.4. The Kier molecular flexibility index (Phi) is 5.44. The van der Waals surface area contributed by atoms with Gasteiger partial charge in [-0.25, -0.2) is 19.9 Å². The molecular weight excluding hydrogens is 360 g/mol. The number of H-pyrrole nitrogens is 1. The van der Waals surface area contributed by atoms with Crippen LogP contribution in [0.5, 0.6) is 0 Å². The monoisotopic (exact) mass is 380 g/mol. The number of benzene rings is 1. The van der Waals surface area contributed by atoms with E-state index >= 15 is 0 Å². The highest BCUT2D eigenvalue weighted by Gasteiger charge is 2.30. The summed E-state index contributed by atoms with van der Waals surface area (Å²) in [5.41, 5.74) is 7.98. The Labute approximate surface area is 161 Å². The first-order valence-electron chi connectivity index (χ1n) is 8.45. The molecule has 1 aromatic heterocycles. The Morgan fingerprint density at radius 3 is 2.75 bits per heavy atom. The largest absolute Gasteiger partial charge is 0.396 e. The summed E-state index contributed by atoms with van der Waals surface area (Å²) < 4.78 is 0. The molecule has 0 atom stereocenters. The minimum Gasteiger partial charge on any atom is -0.396 e. The number of tetrazole rings is 1. The summed E-state index contributed by atoms with van der Waals surface area (Å²) in [5.74, 6) is 1.32. The molecule has 2 aromatic rings. The second kappa shape index (κ2) is 8.12. The molecule has 0 saturated carbocycles. The molecule has 0 fully saturated rings. The number of nitrogens with two attached hydrogens (primary N) is 1. The molecule has 0 radical (unpaired) electrons. The van der Waals surface area contributed by atoms with Crippen LogP contribution < -0.4 is 16.4 Å². The summed E-state index contributed by atoms with van der Waals surface area (Å²) in [6, 6.07) is 8.97. The second-order valence-corrected chi connectivity index (χ2v) is 5.74. The Balaban J connectivity index is 2.02. The molecule has 11 nitrogen and oxygen atoms in total. The summed E-state index contributed by atoms with van der Waals surface area (Å²) in [6.07, 6.45) is 0. The molecule has 0 unspecified atom stereocenters. The first-order valence-corrected chi connectivity index (χ1v) is 8.45. The third kappa shape index (κ3) is 3.87. The molecule has 0 aliphatic carbocycles. The topological polar surface area (TPSA) is 150 Å². The van der Waals surface area contributed by atoms with E-state index in [1.807, 2.05) is 37.3 Å². The van der Waals surface area contributed by atoms with Crippen molar-refractivity contribution in [3.63, 3.8) is 0 Å². The van der Waals surface area contributed by atoms with E-state index in [9.17, 15) is 4.79 Å². The zero-order valence-corrected chi connectivity index (χ0v) is 15.5. The molecule has 5 N–H and O–H groups in total. The van der Waals surface area contributed by atoms with Gasteiger partial charge in [-0.1, -0.05) is 36.9 Å². The lowest BCUT2D eigenvalue weighted by Gasteiger charge is -2.15. The van der Waals surface area contributed by atoms with Crippen molar-refractivity contribution in [1.82, 2.24) is 36.2 Å². The fourth-order valence-corrected chi connectivity index (χ4v) is 2.51. The number of urea groups is 1. The van der Waals surface area contributed by atoms with Gasteiger partial charge in [-0.2, -0.15) is 0 Å². The van der Waals surface area contributed by atoms with Crippen molar-refractivity contribution in [2.45, 2.75) is 6.92 Å². The maximum absolute atomic E-state index is 11.7. The van der Waals surface area contributed by atoms with Gasteiger partial charge in [-0.3, -0.25) is 5.32 Å². The van der Waals surface area contributed by atoms with Crippen molar-refractivity contribution in [1.29, 1.82) is 0 Å². The number of likely N-dealkylation sites (N-methyl/N-ethyl adjacent to an activating group) is 1. The first-order chi connectivity index (χ1) is 13.5. The third-order valence-corrected chi connectivity index (χ3v) is 3.80. The molecule has 2 amide bonds. The van der Waals surface area contributed by atoms with Crippen LogP contribution in [0.2, 0.25) is 0 Å². The Hall–Kier alpha value is -4.02. The van der Waals surface area contributed by atoms with Crippen molar-refractivity contribution in [2.75, 3.05) is 13.6 Å². The van der Waals surface area contributed by atoms with E-state index in [1.165, 1.54) is 0 Å². The van der Waals surface area contributed by atoms with Gasteiger partial charge in [0.15, 0.2) is 11.7 Å². The summed E-state index contributed by atoms with van der Waals surface area (Å²) in [5, 5.41) is 18.9. The minimum absolute atomic E-state index is 0.137. The molecule has 0 saturated heterocycles. The van der Waals surface area contributed by atoms with Crippen molar-refractivity contribution >= 4 is 23.4 Å². The fraction of sp³-hybridized carbons (Fsp3) is 0.176. The van der Waals surface area contributed by atoms with E-state index in [2.05, 4.69) is 47.8 Å².